The number of nitrogens with two attached hydrogens (primary N) is 1. The topological polar surface area (TPSA) is 402 Å². The number of fused-ring (bicyclic) bond motifs is 14. The number of nitrogens with one attached hydrogen (secondary N) is 7. The molecular formula is C73H69Cl2N9O17. The summed E-state index contributed by atoms with van der Waals surface area (Å²) in [5.41, 5.74) is 6.63. The number of aromatic hydroxyl groups is 6. The summed E-state index contributed by atoms with van der Waals surface area (Å²) in [6.45, 7) is 5.79. The Bertz CT molecular complexity index is 4630. The van der Waals surface area contributed by atoms with Crippen LogP contribution >= 0.6 is 23.2 Å². The van der Waals surface area contributed by atoms with Crippen LogP contribution in [0.5, 0.6) is 69.0 Å². The SMILES string of the molecule is CCCCN(CCCC)c1ccc(CNC(=O)[C@H]2NC(=O)[C@H]3NC(=O)[C@H](NC(=O)[C@@H]4NC(=O)[C@H]5NC(=O)[C@@H](Cc6ccc(c(Cl)c6)Oc6cc4cc(c6O)Oc4ccc(cc4Cl)[C@H]3O)NC(=O)[C@H](N)c3ccc(O)c(c3)Oc3cc(O)cc5c3)c3ccc(O)c(c3)-c3c(O)cc(O)cc32)cc1. The molecule has 522 valence electrons. The fourth-order valence-electron chi connectivity index (χ4n) is 12.4. The molecule has 26 nitrogen and oxygen atoms in total. The van der Waals surface area contributed by atoms with Crippen molar-refractivity contribution in [2.45, 2.75) is 101 Å². The summed E-state index contributed by atoms with van der Waals surface area (Å²) < 4.78 is 18.6. The van der Waals surface area contributed by atoms with E-state index in [1.165, 1.54) is 66.7 Å². The van der Waals surface area contributed by atoms with E-state index in [4.69, 9.17) is 43.1 Å². The van der Waals surface area contributed by atoms with Gasteiger partial charge in [0, 0.05) is 55.0 Å². The number of aliphatic hydroxyl groups excluding tert-OH is 1. The lowest BCUT2D eigenvalue weighted by Gasteiger charge is -2.31. The quantitative estimate of drug-likeness (QED) is 0.0609. The van der Waals surface area contributed by atoms with Crippen LogP contribution in [-0.4, -0.2) is 102 Å². The number of benzene rings is 8. The first-order chi connectivity index (χ1) is 48.4. The number of amides is 7. The number of anilines is 1. The van der Waals surface area contributed by atoms with Crippen molar-refractivity contribution < 1.29 is 83.5 Å². The number of ether oxygens (including phenoxy) is 3. The van der Waals surface area contributed by atoms with E-state index in [2.05, 4.69) is 56.0 Å². The predicted octanol–water partition coefficient (Wildman–Crippen LogP) is 8.62. The highest BCUT2D eigenvalue weighted by molar-refractivity contribution is 6.32. The molecule has 0 saturated heterocycles. The van der Waals surface area contributed by atoms with Gasteiger partial charge in [-0.15, -0.1) is 0 Å². The first-order valence-corrected chi connectivity index (χ1v) is 33.1. The number of hydrogen-bond acceptors (Lipinski definition) is 19. The average Bonchev–Trinajstić information content (AvgIpc) is 0.766. The minimum Gasteiger partial charge on any atom is -0.508 e. The lowest BCUT2D eigenvalue weighted by atomic mass is 9.89. The Labute approximate surface area is 587 Å². The second-order valence-corrected chi connectivity index (χ2v) is 25.7. The molecule has 0 unspecified atom stereocenters. The summed E-state index contributed by atoms with van der Waals surface area (Å²) in [7, 11) is 0. The van der Waals surface area contributed by atoms with Crippen molar-refractivity contribution in [3.8, 4) is 80.1 Å². The molecular weight excluding hydrogens is 1350 g/mol. The van der Waals surface area contributed by atoms with Crippen molar-refractivity contribution in [2.75, 3.05) is 18.0 Å². The number of phenols is 6. The number of aliphatic hydroxyl groups is 1. The number of hydrogen-bond donors (Lipinski definition) is 15. The molecule has 28 heteroatoms. The summed E-state index contributed by atoms with van der Waals surface area (Å²) in [5.74, 6) is -13.5. The Hall–Kier alpha value is -11.5. The summed E-state index contributed by atoms with van der Waals surface area (Å²) in [6, 6.07) is 16.9. The third-order valence-electron chi connectivity index (χ3n) is 17.8. The van der Waals surface area contributed by atoms with E-state index in [1.54, 1.807) is 0 Å². The summed E-state index contributed by atoms with van der Waals surface area (Å²) in [6.07, 6.45) is 1.51. The van der Waals surface area contributed by atoms with Crippen LogP contribution in [0.4, 0.5) is 5.69 Å². The monoisotopic (exact) mass is 1410 g/mol. The van der Waals surface area contributed by atoms with E-state index < -0.39 is 136 Å². The van der Waals surface area contributed by atoms with Gasteiger partial charge in [0.1, 0.15) is 88.6 Å². The number of unbranched alkanes of at least 4 members (excludes halogenated alkanes) is 2. The highest BCUT2D eigenvalue weighted by atomic mass is 35.5. The van der Waals surface area contributed by atoms with Crippen LogP contribution in [0.2, 0.25) is 10.0 Å². The van der Waals surface area contributed by atoms with Crippen LogP contribution < -0.4 is 62.1 Å². The van der Waals surface area contributed by atoms with Crippen LogP contribution in [0.15, 0.2) is 140 Å². The molecule has 101 heavy (non-hydrogen) atoms. The van der Waals surface area contributed by atoms with Crippen LogP contribution in [0.25, 0.3) is 11.1 Å². The van der Waals surface area contributed by atoms with Gasteiger partial charge in [-0.25, -0.2) is 0 Å². The lowest BCUT2D eigenvalue weighted by Crippen LogP contribution is -2.55. The molecule has 6 heterocycles. The van der Waals surface area contributed by atoms with E-state index in [1.807, 2.05) is 24.3 Å². The number of phenolic OH excluding ortho intramolecular Hbond substituents is 6. The average molecular weight is 1420 g/mol. The molecule has 0 fully saturated rings. The van der Waals surface area contributed by atoms with Crippen LogP contribution in [0, 0.1) is 0 Å². The Morgan fingerprint density at radius 3 is 1.78 bits per heavy atom. The van der Waals surface area contributed by atoms with Gasteiger partial charge in [-0.2, -0.15) is 0 Å². The maximum Gasteiger partial charge on any atom is 0.248 e. The Balaban J connectivity index is 1.01. The highest BCUT2D eigenvalue weighted by Crippen LogP contribution is 2.48. The zero-order valence-electron chi connectivity index (χ0n) is 54.0. The molecule has 0 saturated carbocycles. The standard InChI is InChI=1S/C73H69Cl2N9O17/c1-3-5-19-84(20-6-4-2)41-13-7-34(8-14-41)33-77-69(94)63-46-31-43(86)32-52(89)58(46)45-25-37(11-15-50(45)87)60-70(95)83-64(73(98)82-63)65(90)38-12-18-54(48(75)26-38)101-57-29-40-28-56(66(57)91)100-53-17-9-35(21-47(53)74)22-49-67(92)79-61(71(96)81-62(40)72(97)80-60)39-23-42(85)30-44(24-39)99-55-27-36(10-16-51(55)88)59(76)68(93)78-49/h7-18,21,23-32,49,59-65,85-91H,3-6,19-20,22,33,76H2,1-2H3,(H,77,94)(H,78,93)(H,79,92)(H,80,97)(H,81,96)(H,82,98)(H,83,95)/t49-,59-,60-,61+,62-,63+,64+,65-/m1/s1. The largest absolute Gasteiger partial charge is 0.508 e. The number of halogens is 2. The number of nitrogens with zero attached hydrogens (tertiary/aromatic N) is 1. The number of rotatable bonds is 10. The van der Waals surface area contributed by atoms with Crippen LogP contribution in [0.1, 0.15) is 120 Å². The highest BCUT2D eigenvalue weighted by Gasteiger charge is 2.41. The van der Waals surface area contributed by atoms with Gasteiger partial charge in [-0.05, 0) is 148 Å². The summed E-state index contributed by atoms with van der Waals surface area (Å²) in [5, 5.41) is 100. The van der Waals surface area contributed by atoms with Crippen molar-refractivity contribution in [2.24, 2.45) is 5.73 Å². The Kier molecular flexibility index (Phi) is 20.1. The maximum atomic E-state index is 16.0. The van der Waals surface area contributed by atoms with Crippen molar-refractivity contribution in [1.82, 2.24) is 37.2 Å². The molecule has 6 aliphatic heterocycles. The fourth-order valence-corrected chi connectivity index (χ4v) is 12.9. The van der Waals surface area contributed by atoms with Crippen LogP contribution in [0.3, 0.4) is 0 Å². The van der Waals surface area contributed by atoms with E-state index >= 15 is 24.0 Å². The third-order valence-corrected chi connectivity index (χ3v) is 18.4. The zero-order chi connectivity index (χ0) is 71.7. The van der Waals surface area contributed by atoms with Gasteiger partial charge < -0.3 is 97.8 Å². The Morgan fingerprint density at radius 1 is 0.535 bits per heavy atom. The molecule has 0 spiro atoms. The van der Waals surface area contributed by atoms with Gasteiger partial charge in [0.25, 0.3) is 0 Å². The first kappa shape index (κ1) is 69.5. The van der Waals surface area contributed by atoms with Gasteiger partial charge in [-0.1, -0.05) is 86.3 Å². The molecule has 14 rings (SSSR count). The number of carbonyl (C=O) groups excluding carboxylic acids is 7. The van der Waals surface area contributed by atoms with E-state index in [0.717, 1.165) is 93.0 Å². The number of carbonyl (C=O) groups is 7. The van der Waals surface area contributed by atoms with Gasteiger partial charge >= 0.3 is 0 Å². The lowest BCUT2D eigenvalue weighted by molar-refractivity contribution is -0.137. The van der Waals surface area contributed by atoms with Crippen molar-refractivity contribution in [3.05, 3.63) is 194 Å². The minimum absolute atomic E-state index is 0.119. The van der Waals surface area contributed by atoms with E-state index in [-0.39, 0.29) is 90.5 Å². The minimum atomic E-state index is -2.16. The Morgan fingerprint density at radius 2 is 1.12 bits per heavy atom. The molecule has 6 aliphatic rings. The second kappa shape index (κ2) is 29.2. The summed E-state index contributed by atoms with van der Waals surface area (Å²) >= 11 is 13.9. The molecule has 8 aromatic rings. The maximum absolute atomic E-state index is 16.0. The second-order valence-electron chi connectivity index (χ2n) is 24.8. The molecule has 17 bridgehead atoms. The first-order valence-electron chi connectivity index (χ1n) is 32.3. The van der Waals surface area contributed by atoms with Crippen molar-refractivity contribution in [3.63, 3.8) is 0 Å². The van der Waals surface area contributed by atoms with Gasteiger partial charge in [0.05, 0.1) is 10.0 Å². The molecule has 0 aliphatic carbocycles. The van der Waals surface area contributed by atoms with Crippen molar-refractivity contribution in [1.29, 1.82) is 0 Å². The molecule has 16 N–H and O–H groups in total. The smallest absolute Gasteiger partial charge is 0.248 e. The molecule has 0 radical (unpaired) electrons. The van der Waals surface area contributed by atoms with E-state index in [9.17, 15) is 45.3 Å². The molecule has 8 atom stereocenters. The van der Waals surface area contributed by atoms with Gasteiger partial charge in [0.15, 0.2) is 23.0 Å². The summed E-state index contributed by atoms with van der Waals surface area (Å²) in [4.78, 5) is 109. The molecule has 0 aromatic heterocycles. The van der Waals surface area contributed by atoms with Gasteiger partial charge in [0.2, 0.25) is 47.1 Å². The van der Waals surface area contributed by atoms with E-state index in [0.29, 0.717) is 11.1 Å². The van der Waals surface area contributed by atoms with Crippen LogP contribution in [-0.2, 0) is 46.5 Å². The normalized spacial score (nSPS) is 20.3. The third kappa shape index (κ3) is 14.8. The van der Waals surface area contributed by atoms with Gasteiger partial charge in [-0.3, -0.25) is 33.6 Å². The zero-order valence-corrected chi connectivity index (χ0v) is 55.6. The molecule has 7 amide bonds. The van der Waals surface area contributed by atoms with Crippen molar-refractivity contribution >= 4 is 70.2 Å². The molecule has 8 aromatic carbocycles. The predicted molar refractivity (Wildman–Crippen MR) is 368 cm³/mol. The fraction of sp³-hybridized carbons (Fsp3) is 0.247.